The summed E-state index contributed by atoms with van der Waals surface area (Å²) in [7, 11) is 0.892. The predicted molar refractivity (Wildman–Crippen MR) is 87.0 cm³/mol. The van der Waals surface area contributed by atoms with Gasteiger partial charge < -0.3 is 10.5 Å². The molecule has 1 saturated carbocycles. The summed E-state index contributed by atoms with van der Waals surface area (Å²) < 4.78 is 18.2. The molecule has 21 heavy (non-hydrogen) atoms. The quantitative estimate of drug-likeness (QED) is 0.933. The van der Waals surface area contributed by atoms with Crippen molar-refractivity contribution in [2.45, 2.75) is 61.5 Å². The molecule has 3 nitrogen and oxygen atoms in total. The van der Waals surface area contributed by atoms with E-state index in [1.165, 1.54) is 24.8 Å². The molecule has 0 radical (unpaired) electrons. The van der Waals surface area contributed by atoms with Crippen LogP contribution in [0, 0.1) is 0 Å². The van der Waals surface area contributed by atoms with Gasteiger partial charge in [0.25, 0.3) is 0 Å². The van der Waals surface area contributed by atoms with E-state index in [4.69, 9.17) is 10.5 Å². The summed E-state index contributed by atoms with van der Waals surface area (Å²) in [6.45, 7) is 0. The molecule has 0 heterocycles. The molecule has 0 aromatic heterocycles. The highest BCUT2D eigenvalue weighted by atomic mass is 32.2. The van der Waals surface area contributed by atoms with Crippen molar-refractivity contribution < 1.29 is 8.95 Å². The summed E-state index contributed by atoms with van der Waals surface area (Å²) in [5.41, 5.74) is 8.88. The Morgan fingerprint density at radius 1 is 1.19 bits per heavy atom. The standard InChI is InChI=1S/C17H25NO2S/c1-20-13-8-9-15-12(11-13)7-10-16(17(15)18)21(19)14-5-3-2-4-6-14/h8-9,11,14,16-17H,2-7,10,18H2,1H3. The zero-order valence-electron chi connectivity index (χ0n) is 12.7. The molecule has 1 fully saturated rings. The van der Waals surface area contributed by atoms with Gasteiger partial charge in [0.15, 0.2) is 0 Å². The number of methoxy groups -OCH3 is 1. The Labute approximate surface area is 129 Å². The summed E-state index contributed by atoms with van der Waals surface area (Å²) in [5, 5.41) is 0.489. The van der Waals surface area contributed by atoms with Crippen LogP contribution in [0.1, 0.15) is 55.7 Å². The molecule has 0 spiro atoms. The van der Waals surface area contributed by atoms with Gasteiger partial charge in [-0.25, -0.2) is 0 Å². The van der Waals surface area contributed by atoms with Gasteiger partial charge in [-0.1, -0.05) is 25.3 Å². The van der Waals surface area contributed by atoms with E-state index in [1.54, 1.807) is 7.11 Å². The summed E-state index contributed by atoms with van der Waals surface area (Å²) in [4.78, 5) is 0. The third-order valence-electron chi connectivity index (χ3n) is 4.99. The lowest BCUT2D eigenvalue weighted by Gasteiger charge is -2.34. The molecule has 1 aromatic carbocycles. The maximum atomic E-state index is 12.9. The van der Waals surface area contributed by atoms with Crippen LogP contribution in [0.4, 0.5) is 0 Å². The smallest absolute Gasteiger partial charge is 0.119 e. The molecule has 0 bridgehead atoms. The number of nitrogens with two attached hydrogens (primary N) is 1. The van der Waals surface area contributed by atoms with Crippen molar-refractivity contribution in [1.29, 1.82) is 0 Å². The normalized spacial score (nSPS) is 27.9. The van der Waals surface area contributed by atoms with Gasteiger partial charge in [0.2, 0.25) is 0 Å². The molecule has 2 N–H and O–H groups in total. The molecule has 116 valence electrons. The number of rotatable bonds is 3. The first kappa shape index (κ1) is 15.0. The van der Waals surface area contributed by atoms with Gasteiger partial charge in [-0.05, 0) is 48.9 Å². The van der Waals surface area contributed by atoms with E-state index < -0.39 is 10.8 Å². The van der Waals surface area contributed by atoms with Crippen molar-refractivity contribution in [3.8, 4) is 5.75 Å². The second-order valence-electron chi connectivity index (χ2n) is 6.26. The van der Waals surface area contributed by atoms with E-state index in [1.807, 2.05) is 6.07 Å². The van der Waals surface area contributed by atoms with E-state index in [-0.39, 0.29) is 11.3 Å². The maximum Gasteiger partial charge on any atom is 0.119 e. The van der Waals surface area contributed by atoms with E-state index in [2.05, 4.69) is 12.1 Å². The highest BCUT2D eigenvalue weighted by Crippen LogP contribution is 2.36. The molecule has 2 aliphatic carbocycles. The first-order valence-corrected chi connectivity index (χ1v) is 9.30. The highest BCUT2D eigenvalue weighted by Gasteiger charge is 2.35. The second kappa shape index (κ2) is 6.49. The van der Waals surface area contributed by atoms with Crippen molar-refractivity contribution in [1.82, 2.24) is 0 Å². The number of hydrogen-bond donors (Lipinski definition) is 1. The number of ether oxygens (including phenoxy) is 1. The first-order chi connectivity index (χ1) is 10.2. The highest BCUT2D eigenvalue weighted by molar-refractivity contribution is 7.86. The van der Waals surface area contributed by atoms with Crippen LogP contribution < -0.4 is 10.5 Å². The number of aryl methyl sites for hydroxylation is 1. The molecule has 4 heteroatoms. The van der Waals surface area contributed by atoms with Crippen molar-refractivity contribution in [3.63, 3.8) is 0 Å². The molecular formula is C17H25NO2S. The summed E-state index contributed by atoms with van der Waals surface area (Å²) in [6.07, 6.45) is 7.88. The molecule has 2 aliphatic rings. The Bertz CT molecular complexity index is 526. The molecular weight excluding hydrogens is 282 g/mol. The van der Waals surface area contributed by atoms with Crippen LogP contribution in [-0.4, -0.2) is 21.8 Å². The largest absolute Gasteiger partial charge is 0.497 e. The number of benzene rings is 1. The SMILES string of the molecule is COc1ccc2c(c1)CCC(S(=O)C1CCCCC1)C2N. The predicted octanol–water partition coefficient (Wildman–Crippen LogP) is 3.09. The van der Waals surface area contributed by atoms with Crippen LogP contribution in [0.2, 0.25) is 0 Å². The maximum absolute atomic E-state index is 12.9. The van der Waals surface area contributed by atoms with Crippen LogP contribution in [0.25, 0.3) is 0 Å². The van der Waals surface area contributed by atoms with Gasteiger partial charge in [0.05, 0.1) is 12.4 Å². The van der Waals surface area contributed by atoms with Gasteiger partial charge >= 0.3 is 0 Å². The lowest BCUT2D eigenvalue weighted by Crippen LogP contribution is -2.39. The van der Waals surface area contributed by atoms with Crippen molar-refractivity contribution >= 4 is 10.8 Å². The van der Waals surface area contributed by atoms with Crippen LogP contribution >= 0.6 is 0 Å². The van der Waals surface area contributed by atoms with E-state index >= 15 is 0 Å². The summed E-state index contributed by atoms with van der Waals surface area (Å²) in [5.74, 6) is 0.882. The van der Waals surface area contributed by atoms with Crippen molar-refractivity contribution in [2.24, 2.45) is 5.73 Å². The van der Waals surface area contributed by atoms with Crippen molar-refractivity contribution in [2.75, 3.05) is 7.11 Å². The van der Waals surface area contributed by atoms with Gasteiger partial charge in [-0.3, -0.25) is 4.21 Å². The molecule has 3 atom stereocenters. The third-order valence-corrected chi connectivity index (χ3v) is 7.24. The average molecular weight is 307 g/mol. The monoisotopic (exact) mass is 307 g/mol. The summed E-state index contributed by atoms with van der Waals surface area (Å²) >= 11 is 0. The Morgan fingerprint density at radius 2 is 1.95 bits per heavy atom. The number of hydrogen-bond acceptors (Lipinski definition) is 3. The fourth-order valence-electron chi connectivity index (χ4n) is 3.73. The fraction of sp³-hybridized carbons (Fsp3) is 0.647. The summed E-state index contributed by atoms with van der Waals surface area (Å²) in [6, 6.07) is 6.00. The van der Waals surface area contributed by atoms with Crippen LogP contribution in [0.5, 0.6) is 5.75 Å². The molecule has 0 saturated heterocycles. The second-order valence-corrected chi connectivity index (χ2v) is 8.19. The molecule has 0 amide bonds. The molecule has 3 rings (SSSR count). The van der Waals surface area contributed by atoms with Gasteiger partial charge in [-0.15, -0.1) is 0 Å². The van der Waals surface area contributed by atoms with Crippen LogP contribution in [-0.2, 0) is 17.2 Å². The van der Waals surface area contributed by atoms with E-state index in [0.717, 1.165) is 37.0 Å². The van der Waals surface area contributed by atoms with Gasteiger partial charge in [0.1, 0.15) is 5.75 Å². The molecule has 1 aromatic rings. The zero-order valence-corrected chi connectivity index (χ0v) is 13.5. The Kier molecular flexibility index (Phi) is 4.65. The third kappa shape index (κ3) is 3.02. The Morgan fingerprint density at radius 3 is 2.67 bits per heavy atom. The fourth-order valence-corrected chi connectivity index (χ4v) is 5.81. The first-order valence-electron chi connectivity index (χ1n) is 8.02. The Balaban J connectivity index is 1.78. The molecule has 0 aliphatic heterocycles. The lowest BCUT2D eigenvalue weighted by molar-refractivity contribution is 0.413. The molecule has 3 unspecified atom stereocenters. The van der Waals surface area contributed by atoms with Crippen LogP contribution in [0.3, 0.4) is 0 Å². The Hall–Kier alpha value is -0.870. The lowest BCUT2D eigenvalue weighted by atomic mass is 9.87. The average Bonchev–Trinajstić information content (AvgIpc) is 2.55. The minimum Gasteiger partial charge on any atom is -0.497 e. The van der Waals surface area contributed by atoms with E-state index in [9.17, 15) is 4.21 Å². The van der Waals surface area contributed by atoms with Gasteiger partial charge in [-0.2, -0.15) is 0 Å². The topological polar surface area (TPSA) is 52.3 Å². The number of fused-ring (bicyclic) bond motifs is 1. The minimum absolute atomic E-state index is 0.0950. The van der Waals surface area contributed by atoms with E-state index in [0.29, 0.717) is 5.25 Å². The zero-order chi connectivity index (χ0) is 14.8. The van der Waals surface area contributed by atoms with Crippen molar-refractivity contribution in [3.05, 3.63) is 29.3 Å². The van der Waals surface area contributed by atoms with Gasteiger partial charge in [0, 0.05) is 22.1 Å². The minimum atomic E-state index is -0.794. The van der Waals surface area contributed by atoms with Crippen LogP contribution in [0.15, 0.2) is 18.2 Å².